The van der Waals surface area contributed by atoms with Crippen molar-refractivity contribution in [1.82, 2.24) is 15.1 Å². The number of likely N-dealkylation sites (tertiary alicyclic amines) is 1. The predicted octanol–water partition coefficient (Wildman–Crippen LogP) is 1.54. The SMILES string of the molecule is CNCC1CCN(C2CCN3CCCC3C2)CC1. The lowest BCUT2D eigenvalue weighted by atomic mass is 9.91. The van der Waals surface area contributed by atoms with Crippen molar-refractivity contribution in [2.45, 2.75) is 50.6 Å². The van der Waals surface area contributed by atoms with Crippen LogP contribution in [0.2, 0.25) is 0 Å². The summed E-state index contributed by atoms with van der Waals surface area (Å²) in [7, 11) is 2.09. The molecule has 3 heteroatoms. The van der Waals surface area contributed by atoms with Gasteiger partial charge in [0.05, 0.1) is 0 Å². The van der Waals surface area contributed by atoms with E-state index in [1.165, 1.54) is 71.2 Å². The average Bonchev–Trinajstić information content (AvgIpc) is 2.87. The minimum atomic E-state index is 0.903. The predicted molar refractivity (Wildman–Crippen MR) is 75.8 cm³/mol. The zero-order valence-electron chi connectivity index (χ0n) is 11.9. The number of hydrogen-bond acceptors (Lipinski definition) is 3. The van der Waals surface area contributed by atoms with Crippen LogP contribution in [0.25, 0.3) is 0 Å². The minimum Gasteiger partial charge on any atom is -0.319 e. The highest BCUT2D eigenvalue weighted by atomic mass is 15.2. The fraction of sp³-hybridized carbons (Fsp3) is 1.00. The Labute approximate surface area is 112 Å². The average molecular weight is 251 g/mol. The monoisotopic (exact) mass is 251 g/mol. The molecule has 3 fully saturated rings. The summed E-state index contributed by atoms with van der Waals surface area (Å²) in [6.45, 7) is 6.66. The third-order valence-corrected chi connectivity index (χ3v) is 5.45. The molecule has 1 N–H and O–H groups in total. The summed E-state index contributed by atoms with van der Waals surface area (Å²) >= 11 is 0. The van der Waals surface area contributed by atoms with Crippen LogP contribution in [0.5, 0.6) is 0 Å². The molecular weight excluding hydrogens is 222 g/mol. The molecule has 0 aliphatic carbocycles. The fourth-order valence-electron chi connectivity index (χ4n) is 4.35. The molecule has 3 rings (SSSR count). The number of nitrogens with one attached hydrogen (secondary N) is 1. The van der Waals surface area contributed by atoms with Gasteiger partial charge >= 0.3 is 0 Å². The van der Waals surface area contributed by atoms with Crippen molar-refractivity contribution in [3.63, 3.8) is 0 Å². The molecule has 3 nitrogen and oxygen atoms in total. The van der Waals surface area contributed by atoms with Crippen LogP contribution in [0.1, 0.15) is 38.5 Å². The minimum absolute atomic E-state index is 0.903. The second kappa shape index (κ2) is 5.89. The Kier molecular flexibility index (Phi) is 4.22. The maximum absolute atomic E-state index is 3.34. The molecule has 104 valence electrons. The number of fused-ring (bicyclic) bond motifs is 1. The molecule has 0 radical (unpaired) electrons. The number of rotatable bonds is 3. The first-order valence-corrected chi connectivity index (χ1v) is 7.99. The molecule has 2 unspecified atom stereocenters. The molecule has 3 aliphatic rings. The van der Waals surface area contributed by atoms with E-state index in [1.807, 2.05) is 0 Å². The lowest BCUT2D eigenvalue weighted by Crippen LogP contribution is -2.50. The van der Waals surface area contributed by atoms with Crippen molar-refractivity contribution in [3.8, 4) is 0 Å². The van der Waals surface area contributed by atoms with Crippen LogP contribution in [0, 0.1) is 5.92 Å². The van der Waals surface area contributed by atoms with Crippen LogP contribution in [-0.4, -0.2) is 61.7 Å². The Hall–Kier alpha value is -0.120. The van der Waals surface area contributed by atoms with E-state index in [0.29, 0.717) is 0 Å². The molecular formula is C15H29N3. The van der Waals surface area contributed by atoms with Crippen molar-refractivity contribution in [2.75, 3.05) is 39.8 Å². The highest BCUT2D eigenvalue weighted by molar-refractivity contribution is 4.91. The van der Waals surface area contributed by atoms with Gasteiger partial charge in [0.15, 0.2) is 0 Å². The molecule has 3 saturated heterocycles. The number of hydrogen-bond donors (Lipinski definition) is 1. The van der Waals surface area contributed by atoms with Gasteiger partial charge in [0.1, 0.15) is 0 Å². The first-order chi connectivity index (χ1) is 8.86. The maximum Gasteiger partial charge on any atom is 0.0122 e. The van der Waals surface area contributed by atoms with Gasteiger partial charge in [0, 0.05) is 12.1 Å². The van der Waals surface area contributed by atoms with Crippen LogP contribution < -0.4 is 5.32 Å². The van der Waals surface area contributed by atoms with E-state index in [-0.39, 0.29) is 0 Å². The number of nitrogens with zero attached hydrogens (tertiary/aromatic N) is 2. The van der Waals surface area contributed by atoms with Crippen molar-refractivity contribution in [3.05, 3.63) is 0 Å². The van der Waals surface area contributed by atoms with E-state index in [9.17, 15) is 0 Å². The van der Waals surface area contributed by atoms with Gasteiger partial charge in [-0.3, -0.25) is 0 Å². The smallest absolute Gasteiger partial charge is 0.0122 e. The highest BCUT2D eigenvalue weighted by Crippen LogP contribution is 2.31. The van der Waals surface area contributed by atoms with E-state index in [1.54, 1.807) is 0 Å². The fourth-order valence-corrected chi connectivity index (χ4v) is 4.35. The Morgan fingerprint density at radius 1 is 0.889 bits per heavy atom. The van der Waals surface area contributed by atoms with Gasteiger partial charge in [-0.25, -0.2) is 0 Å². The molecule has 18 heavy (non-hydrogen) atoms. The second-order valence-electron chi connectivity index (χ2n) is 6.55. The molecule has 3 aliphatic heterocycles. The maximum atomic E-state index is 3.34. The summed E-state index contributed by atoms with van der Waals surface area (Å²) in [5, 5.41) is 3.34. The van der Waals surface area contributed by atoms with Crippen LogP contribution in [0.3, 0.4) is 0 Å². The first-order valence-electron chi connectivity index (χ1n) is 7.99. The van der Waals surface area contributed by atoms with E-state index in [4.69, 9.17) is 0 Å². The van der Waals surface area contributed by atoms with Crippen molar-refractivity contribution >= 4 is 0 Å². The Bertz CT molecular complexity index is 260. The largest absolute Gasteiger partial charge is 0.319 e. The molecule has 0 amide bonds. The highest BCUT2D eigenvalue weighted by Gasteiger charge is 2.35. The zero-order chi connectivity index (χ0) is 12.4. The Balaban J connectivity index is 1.48. The van der Waals surface area contributed by atoms with Gasteiger partial charge in [-0.1, -0.05) is 0 Å². The summed E-state index contributed by atoms with van der Waals surface area (Å²) in [6.07, 6.45) is 8.61. The summed E-state index contributed by atoms with van der Waals surface area (Å²) in [4.78, 5) is 5.55. The van der Waals surface area contributed by atoms with Crippen LogP contribution >= 0.6 is 0 Å². The van der Waals surface area contributed by atoms with Crippen molar-refractivity contribution < 1.29 is 0 Å². The lowest BCUT2D eigenvalue weighted by molar-refractivity contribution is 0.0625. The zero-order valence-corrected chi connectivity index (χ0v) is 11.9. The number of piperidine rings is 2. The normalized spacial score (nSPS) is 35.8. The first kappa shape index (κ1) is 12.9. The van der Waals surface area contributed by atoms with Crippen LogP contribution in [0.15, 0.2) is 0 Å². The van der Waals surface area contributed by atoms with Crippen LogP contribution in [-0.2, 0) is 0 Å². The Morgan fingerprint density at radius 2 is 1.56 bits per heavy atom. The molecule has 2 atom stereocenters. The van der Waals surface area contributed by atoms with Crippen LogP contribution in [0.4, 0.5) is 0 Å². The van der Waals surface area contributed by atoms with Gasteiger partial charge in [0.2, 0.25) is 0 Å². The third-order valence-electron chi connectivity index (χ3n) is 5.45. The summed E-state index contributed by atoms with van der Waals surface area (Å²) in [6, 6.07) is 1.83. The quantitative estimate of drug-likeness (QED) is 0.821. The van der Waals surface area contributed by atoms with Crippen molar-refractivity contribution in [2.24, 2.45) is 5.92 Å². The van der Waals surface area contributed by atoms with Crippen molar-refractivity contribution in [1.29, 1.82) is 0 Å². The van der Waals surface area contributed by atoms with Gasteiger partial charge in [-0.2, -0.15) is 0 Å². The summed E-state index contributed by atoms with van der Waals surface area (Å²) in [5.74, 6) is 0.929. The molecule has 3 heterocycles. The van der Waals surface area contributed by atoms with Gasteiger partial charge in [0.25, 0.3) is 0 Å². The van der Waals surface area contributed by atoms with Gasteiger partial charge in [-0.05, 0) is 84.2 Å². The summed E-state index contributed by atoms with van der Waals surface area (Å²) in [5.41, 5.74) is 0. The topological polar surface area (TPSA) is 18.5 Å². The lowest BCUT2D eigenvalue weighted by Gasteiger charge is -2.43. The molecule has 0 aromatic heterocycles. The van der Waals surface area contributed by atoms with Gasteiger partial charge < -0.3 is 15.1 Å². The molecule has 0 aromatic rings. The second-order valence-corrected chi connectivity index (χ2v) is 6.55. The molecule has 0 aromatic carbocycles. The van der Waals surface area contributed by atoms with E-state index in [0.717, 1.165) is 18.0 Å². The van der Waals surface area contributed by atoms with Gasteiger partial charge in [-0.15, -0.1) is 0 Å². The molecule has 0 saturated carbocycles. The molecule has 0 spiro atoms. The third kappa shape index (κ3) is 2.73. The molecule has 0 bridgehead atoms. The standard InChI is InChI=1S/C15H29N3/c1-16-12-13-4-8-18(9-5-13)15-6-10-17-7-2-3-14(17)11-15/h13-16H,2-12H2,1H3. The van der Waals surface area contributed by atoms with E-state index in [2.05, 4.69) is 22.2 Å². The Morgan fingerprint density at radius 3 is 2.33 bits per heavy atom. The van der Waals surface area contributed by atoms with E-state index < -0.39 is 0 Å². The van der Waals surface area contributed by atoms with E-state index >= 15 is 0 Å². The summed E-state index contributed by atoms with van der Waals surface area (Å²) < 4.78 is 0.